The summed E-state index contributed by atoms with van der Waals surface area (Å²) in [7, 11) is 1.00. The summed E-state index contributed by atoms with van der Waals surface area (Å²) < 4.78 is 8.19. The molecule has 0 radical (unpaired) electrons. The van der Waals surface area contributed by atoms with E-state index in [2.05, 4.69) is 5.32 Å². The van der Waals surface area contributed by atoms with Gasteiger partial charge in [0.2, 0.25) is 0 Å². The van der Waals surface area contributed by atoms with Gasteiger partial charge in [-0.25, -0.2) is 4.79 Å². The van der Waals surface area contributed by atoms with E-state index in [9.17, 15) is 19.8 Å². The first-order valence-electron chi connectivity index (χ1n) is 8.46. The second-order valence-corrected chi connectivity index (χ2v) is 5.77. The average molecular weight is 434 g/mol. The number of ketones is 1. The standard InChI is InChI=1S/C20H17NO4.CH4O.O.V/c22-15-8-5-13(6-9-15)11-18(20(24)25)21-12-17-16-4-2-1-3-14(16)7-10-19(17)23;1-2;;/h1-10,12,18,21-22H,11H2,(H,24,25);2H,1H3;;/b17-12-;;;/t18-;;;/m0.../s1. The number of rotatable bonds is 5. The number of carbonyl (C=O) groups excluding carboxylic acids is 1. The number of nitrogens with one attached hydrogen (secondary N) is 1. The molecule has 0 aromatic heterocycles. The van der Waals surface area contributed by atoms with Gasteiger partial charge >= 0.3 is 27.0 Å². The quantitative estimate of drug-likeness (QED) is 0.532. The number of aromatic hydroxyl groups is 1. The van der Waals surface area contributed by atoms with Crippen molar-refractivity contribution in [3.8, 4) is 5.75 Å². The molecule has 151 valence electrons. The van der Waals surface area contributed by atoms with Crippen LogP contribution in [0.15, 0.2) is 60.8 Å². The zero-order valence-corrected chi connectivity index (χ0v) is 17.0. The Morgan fingerprint density at radius 3 is 2.31 bits per heavy atom. The Hall–Kier alpha value is -3.00. The molecule has 0 amide bonds. The molecular formula is C21H21NO6V. The van der Waals surface area contributed by atoms with Gasteiger partial charge in [0.15, 0.2) is 5.78 Å². The summed E-state index contributed by atoms with van der Waals surface area (Å²) in [6.45, 7) is 0. The van der Waals surface area contributed by atoms with Crippen LogP contribution in [0.5, 0.6) is 5.75 Å². The number of hydrogen-bond acceptors (Lipinski definition) is 6. The zero-order valence-electron chi connectivity index (χ0n) is 15.6. The molecule has 0 unspecified atom stereocenters. The molecule has 8 heteroatoms. The van der Waals surface area contributed by atoms with Crippen LogP contribution in [0.3, 0.4) is 0 Å². The first-order valence-corrected chi connectivity index (χ1v) is 9.03. The van der Waals surface area contributed by atoms with Crippen molar-refractivity contribution < 1.29 is 46.0 Å². The van der Waals surface area contributed by atoms with E-state index in [0.717, 1.165) is 41.2 Å². The summed E-state index contributed by atoms with van der Waals surface area (Å²) in [5.74, 6) is -1.06. The molecule has 1 atom stereocenters. The molecule has 1 aliphatic carbocycles. The van der Waals surface area contributed by atoms with Gasteiger partial charge in [0, 0.05) is 25.3 Å². The number of aliphatic hydroxyl groups excluding tert-OH is 1. The first kappa shape index (κ1) is 24.0. The van der Waals surface area contributed by atoms with E-state index < -0.39 is 12.0 Å². The van der Waals surface area contributed by atoms with Crippen molar-refractivity contribution in [2.24, 2.45) is 0 Å². The number of aliphatic carboxylic acids is 1. The van der Waals surface area contributed by atoms with E-state index in [1.54, 1.807) is 18.2 Å². The van der Waals surface area contributed by atoms with Crippen LogP contribution in [0, 0.1) is 0 Å². The number of carboxylic acids is 1. The molecule has 4 N–H and O–H groups in total. The molecule has 29 heavy (non-hydrogen) atoms. The van der Waals surface area contributed by atoms with Gasteiger partial charge in [-0.1, -0.05) is 42.5 Å². The van der Waals surface area contributed by atoms with Gasteiger partial charge < -0.3 is 20.6 Å². The summed E-state index contributed by atoms with van der Waals surface area (Å²) in [6.07, 6.45) is 4.93. The van der Waals surface area contributed by atoms with Crippen molar-refractivity contribution in [3.05, 3.63) is 77.5 Å². The monoisotopic (exact) mass is 434 g/mol. The van der Waals surface area contributed by atoms with Crippen LogP contribution >= 0.6 is 0 Å². The van der Waals surface area contributed by atoms with Gasteiger partial charge in [0.1, 0.15) is 11.8 Å². The number of allylic oxidation sites excluding steroid dienone is 2. The van der Waals surface area contributed by atoms with Gasteiger partial charge in [-0.3, -0.25) is 4.79 Å². The Bertz CT molecular complexity index is 892. The van der Waals surface area contributed by atoms with Crippen molar-refractivity contribution in [2.45, 2.75) is 12.5 Å². The van der Waals surface area contributed by atoms with Crippen molar-refractivity contribution in [1.29, 1.82) is 0 Å². The van der Waals surface area contributed by atoms with Crippen LogP contribution in [0.4, 0.5) is 0 Å². The fraction of sp³-hybridized carbons (Fsp3) is 0.143. The molecule has 2 aromatic carbocycles. The van der Waals surface area contributed by atoms with Crippen LogP contribution in [-0.4, -0.2) is 40.2 Å². The molecule has 1 aliphatic rings. The predicted octanol–water partition coefficient (Wildman–Crippen LogP) is 2.10. The Labute approximate surface area is 177 Å². The second-order valence-electron chi connectivity index (χ2n) is 5.77. The summed E-state index contributed by atoms with van der Waals surface area (Å²) in [4.78, 5) is 23.7. The minimum atomic E-state index is -1.02. The minimum absolute atomic E-state index is 0.127. The fourth-order valence-electron chi connectivity index (χ4n) is 2.69. The van der Waals surface area contributed by atoms with Gasteiger partial charge in [-0.15, -0.1) is 0 Å². The SMILES string of the molecule is CO.O=C1C=Cc2ccccc2/C1=C/N[C@@H](Cc1ccc(O)cc1)C(=O)O.[O]=[V]. The van der Waals surface area contributed by atoms with Crippen molar-refractivity contribution in [1.82, 2.24) is 5.32 Å². The van der Waals surface area contributed by atoms with Gasteiger partial charge in [-0.2, -0.15) is 0 Å². The van der Waals surface area contributed by atoms with E-state index in [-0.39, 0.29) is 18.0 Å². The van der Waals surface area contributed by atoms with Crippen molar-refractivity contribution in [2.75, 3.05) is 7.11 Å². The Kier molecular flexibility index (Phi) is 10.3. The van der Waals surface area contributed by atoms with E-state index in [4.69, 9.17) is 8.78 Å². The molecular weight excluding hydrogens is 413 g/mol. The molecule has 0 spiro atoms. The average Bonchev–Trinajstić information content (AvgIpc) is 2.76. The number of carboxylic acid groups (broad SMARTS) is 1. The third-order valence-electron chi connectivity index (χ3n) is 4.03. The molecule has 0 saturated carbocycles. The Morgan fingerprint density at radius 2 is 1.69 bits per heavy atom. The van der Waals surface area contributed by atoms with Crippen LogP contribution < -0.4 is 5.32 Å². The van der Waals surface area contributed by atoms with E-state index >= 15 is 0 Å². The van der Waals surface area contributed by atoms with Crippen molar-refractivity contribution >= 4 is 23.4 Å². The van der Waals surface area contributed by atoms with Crippen LogP contribution in [0.25, 0.3) is 11.6 Å². The van der Waals surface area contributed by atoms with Gasteiger partial charge in [0.25, 0.3) is 0 Å². The van der Waals surface area contributed by atoms with E-state index in [0.29, 0.717) is 5.57 Å². The van der Waals surface area contributed by atoms with Crippen LogP contribution in [-0.2, 0) is 37.1 Å². The summed E-state index contributed by atoms with van der Waals surface area (Å²) in [5, 5.41) is 28.6. The number of phenols is 1. The van der Waals surface area contributed by atoms with E-state index in [1.807, 2.05) is 24.3 Å². The molecule has 0 aliphatic heterocycles. The number of phenolic OH excluding ortho intramolecular Hbond substituents is 1. The fourth-order valence-corrected chi connectivity index (χ4v) is 2.69. The second kappa shape index (κ2) is 12.5. The molecule has 0 saturated heterocycles. The summed E-state index contributed by atoms with van der Waals surface area (Å²) >= 11 is 1.06. The number of hydrogen-bond donors (Lipinski definition) is 4. The van der Waals surface area contributed by atoms with Gasteiger partial charge in [-0.05, 0) is 34.9 Å². The maximum atomic E-state index is 12.2. The number of benzene rings is 2. The summed E-state index contributed by atoms with van der Waals surface area (Å²) in [5.41, 5.74) is 2.90. The molecule has 0 bridgehead atoms. The Balaban J connectivity index is 0.000000989. The van der Waals surface area contributed by atoms with Crippen molar-refractivity contribution in [3.63, 3.8) is 0 Å². The maximum absolute atomic E-state index is 12.2. The summed E-state index contributed by atoms with van der Waals surface area (Å²) in [6, 6.07) is 12.9. The van der Waals surface area contributed by atoms with Crippen LogP contribution in [0.1, 0.15) is 16.7 Å². The molecule has 0 heterocycles. The predicted molar refractivity (Wildman–Crippen MR) is 104 cm³/mol. The normalized spacial score (nSPS) is 13.8. The molecule has 7 nitrogen and oxygen atoms in total. The molecule has 2 aromatic rings. The molecule has 0 fully saturated rings. The number of fused-ring (bicyclic) bond motifs is 1. The third-order valence-corrected chi connectivity index (χ3v) is 4.03. The topological polar surface area (TPSA) is 124 Å². The number of carbonyl (C=O) groups is 2. The third kappa shape index (κ3) is 6.83. The molecule has 3 rings (SSSR count). The Morgan fingerprint density at radius 1 is 1.07 bits per heavy atom. The van der Waals surface area contributed by atoms with E-state index in [1.165, 1.54) is 24.4 Å². The van der Waals surface area contributed by atoms with Gasteiger partial charge in [0.05, 0.1) is 0 Å². The number of aliphatic hydroxyl groups is 1. The van der Waals surface area contributed by atoms with Crippen LogP contribution in [0.2, 0.25) is 0 Å². The first-order chi connectivity index (χ1) is 14.0. The zero-order chi connectivity index (χ0) is 21.8.